The van der Waals surface area contributed by atoms with Gasteiger partial charge in [-0.2, -0.15) is 0 Å². The molecule has 0 aliphatic carbocycles. The molecule has 6 nitrogen and oxygen atoms in total. The number of ether oxygens (including phenoxy) is 1. The second kappa shape index (κ2) is 8.48. The van der Waals surface area contributed by atoms with E-state index in [4.69, 9.17) is 4.74 Å². The van der Waals surface area contributed by atoms with Gasteiger partial charge in [0.25, 0.3) is 0 Å². The number of nitrogens with one attached hydrogen (secondary N) is 1. The van der Waals surface area contributed by atoms with Gasteiger partial charge in [0.05, 0.1) is 24.2 Å². The third-order valence-corrected chi connectivity index (χ3v) is 6.62. The average molecular weight is 390 g/mol. The van der Waals surface area contributed by atoms with Crippen molar-refractivity contribution in [1.82, 2.24) is 14.6 Å². The van der Waals surface area contributed by atoms with E-state index >= 15 is 0 Å². The Labute approximate surface area is 161 Å². The summed E-state index contributed by atoms with van der Waals surface area (Å²) in [6.45, 7) is 8.79. The number of hydrogen-bond acceptors (Lipinski definition) is 5. The summed E-state index contributed by atoms with van der Waals surface area (Å²) < 4.78 is 34.3. The molecule has 0 spiro atoms. The highest BCUT2D eigenvalue weighted by Crippen LogP contribution is 2.24. The molecule has 2 aromatic rings. The second-order valence-corrected chi connectivity index (χ2v) is 8.73. The molecule has 0 bridgehead atoms. The minimum Gasteiger partial charge on any atom is -0.379 e. The lowest BCUT2D eigenvalue weighted by Crippen LogP contribution is -2.44. The van der Waals surface area contributed by atoms with Gasteiger partial charge in [-0.1, -0.05) is 23.8 Å². The molecule has 1 fully saturated rings. The second-order valence-electron chi connectivity index (χ2n) is 7.03. The van der Waals surface area contributed by atoms with E-state index in [0.29, 0.717) is 24.7 Å². The third-order valence-electron chi connectivity index (χ3n) is 4.90. The number of pyridine rings is 1. The van der Waals surface area contributed by atoms with E-state index in [2.05, 4.69) is 14.6 Å². The van der Waals surface area contributed by atoms with Crippen LogP contribution in [0.5, 0.6) is 0 Å². The zero-order chi connectivity index (χ0) is 19.4. The van der Waals surface area contributed by atoms with Crippen LogP contribution in [-0.2, 0) is 14.8 Å². The fourth-order valence-electron chi connectivity index (χ4n) is 3.77. The summed E-state index contributed by atoms with van der Waals surface area (Å²) in [5.74, 6) is 0. The quantitative estimate of drug-likeness (QED) is 0.821. The molecular formula is C20H27N3O3S. The number of hydrogen-bond donors (Lipinski definition) is 1. The molecule has 1 atom stereocenters. The van der Waals surface area contributed by atoms with E-state index < -0.39 is 10.0 Å². The zero-order valence-electron chi connectivity index (χ0n) is 16.1. The van der Waals surface area contributed by atoms with E-state index in [0.717, 1.165) is 35.3 Å². The highest BCUT2D eigenvalue weighted by Gasteiger charge is 2.26. The minimum atomic E-state index is -3.61. The van der Waals surface area contributed by atoms with Gasteiger partial charge in [-0.3, -0.25) is 9.88 Å². The zero-order valence-corrected chi connectivity index (χ0v) is 16.9. The molecule has 0 radical (unpaired) electrons. The van der Waals surface area contributed by atoms with Gasteiger partial charge >= 0.3 is 0 Å². The molecular weight excluding hydrogens is 362 g/mol. The highest BCUT2D eigenvalue weighted by molar-refractivity contribution is 7.89. The maximum Gasteiger partial charge on any atom is 0.241 e. The molecule has 1 N–H and O–H groups in total. The largest absolute Gasteiger partial charge is 0.379 e. The Morgan fingerprint density at radius 1 is 1.19 bits per heavy atom. The van der Waals surface area contributed by atoms with Crippen LogP contribution >= 0.6 is 0 Å². The molecule has 1 aromatic carbocycles. The third kappa shape index (κ3) is 4.73. The Kier molecular flexibility index (Phi) is 6.26. The van der Waals surface area contributed by atoms with Gasteiger partial charge in [0.2, 0.25) is 10.0 Å². The first-order valence-corrected chi connectivity index (χ1v) is 10.7. The SMILES string of the molecule is Cc1cc(C)c(S(=O)(=O)NC[C@@H](c2cccnc2)N2CCOCC2)c(C)c1. The first-order chi connectivity index (χ1) is 12.9. The van der Waals surface area contributed by atoms with Crippen LogP contribution < -0.4 is 4.72 Å². The van der Waals surface area contributed by atoms with Crippen molar-refractivity contribution >= 4 is 10.0 Å². The van der Waals surface area contributed by atoms with Gasteiger partial charge in [-0.25, -0.2) is 13.1 Å². The number of benzene rings is 1. The Morgan fingerprint density at radius 2 is 1.85 bits per heavy atom. The van der Waals surface area contributed by atoms with E-state index in [1.165, 1.54) is 0 Å². The van der Waals surface area contributed by atoms with Crippen LogP contribution in [0.15, 0.2) is 41.6 Å². The summed E-state index contributed by atoms with van der Waals surface area (Å²) in [4.78, 5) is 6.83. The summed E-state index contributed by atoms with van der Waals surface area (Å²) >= 11 is 0. The molecule has 0 unspecified atom stereocenters. The molecule has 0 amide bonds. The molecule has 27 heavy (non-hydrogen) atoms. The predicted octanol–water partition coefficient (Wildman–Crippen LogP) is 2.36. The van der Waals surface area contributed by atoms with Crippen molar-refractivity contribution in [1.29, 1.82) is 0 Å². The Balaban J connectivity index is 1.84. The molecule has 3 rings (SSSR count). The van der Waals surface area contributed by atoms with E-state index in [1.54, 1.807) is 12.4 Å². The summed E-state index contributed by atoms with van der Waals surface area (Å²) in [6.07, 6.45) is 3.53. The maximum absolute atomic E-state index is 13.0. The monoisotopic (exact) mass is 389 g/mol. The highest BCUT2D eigenvalue weighted by atomic mass is 32.2. The normalized spacial score (nSPS) is 17.0. The fourth-order valence-corrected chi connectivity index (χ4v) is 5.26. The summed E-state index contributed by atoms with van der Waals surface area (Å²) in [5.41, 5.74) is 3.60. The van der Waals surface area contributed by atoms with Crippen LogP contribution in [0.1, 0.15) is 28.3 Å². The number of aromatic nitrogens is 1. The van der Waals surface area contributed by atoms with Gasteiger partial charge in [0, 0.05) is 32.0 Å². The summed E-state index contributed by atoms with van der Waals surface area (Å²) in [6, 6.07) is 7.60. The van der Waals surface area contributed by atoms with Crippen molar-refractivity contribution in [3.63, 3.8) is 0 Å². The first kappa shape index (κ1) is 19.9. The van der Waals surface area contributed by atoms with Crippen LogP contribution in [-0.4, -0.2) is 51.1 Å². The van der Waals surface area contributed by atoms with Crippen molar-refractivity contribution < 1.29 is 13.2 Å². The van der Waals surface area contributed by atoms with Crippen molar-refractivity contribution in [2.45, 2.75) is 31.7 Å². The van der Waals surface area contributed by atoms with E-state index in [9.17, 15) is 8.42 Å². The van der Waals surface area contributed by atoms with Crippen LogP contribution in [0.4, 0.5) is 0 Å². The molecule has 1 saturated heterocycles. The van der Waals surface area contributed by atoms with Gasteiger partial charge < -0.3 is 4.74 Å². The van der Waals surface area contributed by atoms with E-state index in [-0.39, 0.29) is 6.04 Å². The topological polar surface area (TPSA) is 71.5 Å². The maximum atomic E-state index is 13.0. The van der Waals surface area contributed by atoms with Gasteiger partial charge in [-0.05, 0) is 43.5 Å². The molecule has 146 valence electrons. The van der Waals surface area contributed by atoms with Crippen molar-refractivity contribution in [2.24, 2.45) is 0 Å². The molecule has 1 aliphatic heterocycles. The van der Waals surface area contributed by atoms with Crippen molar-refractivity contribution in [3.05, 3.63) is 58.9 Å². The summed E-state index contributed by atoms with van der Waals surface area (Å²) in [7, 11) is -3.61. The number of morpholine rings is 1. The Hall–Kier alpha value is -1.80. The lowest BCUT2D eigenvalue weighted by molar-refractivity contribution is 0.0171. The van der Waals surface area contributed by atoms with Crippen LogP contribution in [0.3, 0.4) is 0 Å². The minimum absolute atomic E-state index is 0.0802. The van der Waals surface area contributed by atoms with E-state index in [1.807, 2.05) is 45.0 Å². The molecule has 2 heterocycles. The van der Waals surface area contributed by atoms with Crippen LogP contribution in [0, 0.1) is 20.8 Å². The van der Waals surface area contributed by atoms with Crippen LogP contribution in [0.25, 0.3) is 0 Å². The van der Waals surface area contributed by atoms with Gasteiger partial charge in [0.15, 0.2) is 0 Å². The Morgan fingerprint density at radius 3 is 2.44 bits per heavy atom. The lowest BCUT2D eigenvalue weighted by atomic mass is 10.1. The van der Waals surface area contributed by atoms with Gasteiger partial charge in [0.1, 0.15) is 0 Å². The Bertz CT molecular complexity index is 856. The smallest absolute Gasteiger partial charge is 0.241 e. The van der Waals surface area contributed by atoms with Crippen LogP contribution in [0.2, 0.25) is 0 Å². The number of sulfonamides is 1. The standard InChI is InChI=1S/C20H27N3O3S/c1-15-11-16(2)20(17(3)12-15)27(24,25)22-14-19(18-5-4-6-21-13-18)23-7-9-26-10-8-23/h4-6,11-13,19,22H,7-10,14H2,1-3H3/t19-/m0/s1. The van der Waals surface area contributed by atoms with Crippen molar-refractivity contribution in [3.8, 4) is 0 Å². The molecule has 0 saturated carbocycles. The fraction of sp³-hybridized carbons (Fsp3) is 0.450. The number of aryl methyl sites for hydroxylation is 3. The van der Waals surface area contributed by atoms with Gasteiger partial charge in [-0.15, -0.1) is 0 Å². The first-order valence-electron chi connectivity index (χ1n) is 9.18. The molecule has 1 aliphatic rings. The predicted molar refractivity (Wildman–Crippen MR) is 105 cm³/mol. The summed E-state index contributed by atoms with van der Waals surface area (Å²) in [5, 5.41) is 0. The molecule has 1 aromatic heterocycles. The van der Waals surface area contributed by atoms with Crippen molar-refractivity contribution in [2.75, 3.05) is 32.8 Å². The number of nitrogens with zero attached hydrogens (tertiary/aromatic N) is 2. The number of rotatable bonds is 6. The lowest BCUT2D eigenvalue weighted by Gasteiger charge is -2.34. The molecule has 7 heteroatoms. The average Bonchev–Trinajstić information content (AvgIpc) is 2.62.